The molecule has 160 valence electrons. The van der Waals surface area contributed by atoms with Crippen LogP contribution in [0.2, 0.25) is 0 Å². The fourth-order valence-electron chi connectivity index (χ4n) is 4.62. The van der Waals surface area contributed by atoms with Gasteiger partial charge in [-0.2, -0.15) is 13.2 Å². The normalized spacial score (nSPS) is 22.4. The Morgan fingerprint density at radius 2 is 1.84 bits per heavy atom. The van der Waals surface area contributed by atoms with Crippen LogP contribution in [0.25, 0.3) is 11.0 Å². The maximum atomic E-state index is 13.4. The van der Waals surface area contributed by atoms with E-state index in [2.05, 4.69) is 5.32 Å². The molecule has 1 aromatic heterocycles. The Kier molecular flexibility index (Phi) is 4.53. The summed E-state index contributed by atoms with van der Waals surface area (Å²) in [5, 5.41) is 3.55. The van der Waals surface area contributed by atoms with E-state index in [-0.39, 0.29) is 35.9 Å². The third-order valence-electron chi connectivity index (χ3n) is 6.24. The smallest absolute Gasteiger partial charge is 0.417 e. The maximum absolute atomic E-state index is 13.4. The van der Waals surface area contributed by atoms with Crippen molar-refractivity contribution in [3.05, 3.63) is 71.5 Å². The third-order valence-corrected chi connectivity index (χ3v) is 6.24. The van der Waals surface area contributed by atoms with E-state index in [9.17, 15) is 22.8 Å². The van der Waals surface area contributed by atoms with E-state index >= 15 is 0 Å². The minimum Gasteiger partial charge on any atom is -0.464 e. The van der Waals surface area contributed by atoms with E-state index in [4.69, 9.17) is 4.42 Å². The van der Waals surface area contributed by atoms with E-state index in [1.54, 1.807) is 24.3 Å². The van der Waals surface area contributed by atoms with Gasteiger partial charge in [-0.25, -0.2) is 0 Å². The number of piperidine rings is 1. The standard InChI is InChI=1S/C23H19F3N2O3/c24-23(25,26)18-6-2-1-4-16(18)22(30)28-12-13-10-17(13)19(28)11-27-21(29)15-5-3-7-20-14(15)8-9-31-20/h1-9,13,17,19H,10-12H2,(H,27,29)/t13-,17-,19+/m0/s1. The number of rotatable bonds is 4. The molecule has 1 saturated carbocycles. The van der Waals surface area contributed by atoms with Crippen molar-refractivity contribution < 1.29 is 27.2 Å². The predicted octanol–water partition coefficient (Wildman–Crippen LogP) is 4.34. The van der Waals surface area contributed by atoms with Gasteiger partial charge in [0.05, 0.1) is 29.0 Å². The average molecular weight is 428 g/mol. The first-order valence-electron chi connectivity index (χ1n) is 10.1. The summed E-state index contributed by atoms with van der Waals surface area (Å²) in [7, 11) is 0. The summed E-state index contributed by atoms with van der Waals surface area (Å²) in [4.78, 5) is 27.3. The van der Waals surface area contributed by atoms with Gasteiger partial charge in [0.15, 0.2) is 0 Å². The monoisotopic (exact) mass is 428 g/mol. The average Bonchev–Trinajstić information content (AvgIpc) is 3.19. The summed E-state index contributed by atoms with van der Waals surface area (Å²) in [6.45, 7) is 0.599. The highest BCUT2D eigenvalue weighted by Gasteiger charge is 2.54. The molecule has 2 heterocycles. The molecule has 2 amide bonds. The molecule has 1 aliphatic heterocycles. The number of benzene rings is 2. The van der Waals surface area contributed by atoms with Gasteiger partial charge in [-0.05, 0) is 48.6 Å². The molecule has 3 aromatic rings. The van der Waals surface area contributed by atoms with Crippen molar-refractivity contribution >= 4 is 22.8 Å². The van der Waals surface area contributed by atoms with E-state index in [1.807, 2.05) is 0 Å². The van der Waals surface area contributed by atoms with Crippen LogP contribution in [0.4, 0.5) is 13.2 Å². The van der Waals surface area contributed by atoms with Crippen molar-refractivity contribution in [1.29, 1.82) is 0 Å². The SMILES string of the molecule is O=C(NC[C@@H]1[C@H]2C[C@H]2CN1C(=O)c1ccccc1C(F)(F)F)c1cccc2occc12. The maximum Gasteiger partial charge on any atom is 0.417 e. The van der Waals surface area contributed by atoms with Gasteiger partial charge in [-0.3, -0.25) is 9.59 Å². The Hall–Kier alpha value is -3.29. The zero-order valence-electron chi connectivity index (χ0n) is 16.4. The number of carbonyl (C=O) groups excluding carboxylic acids is 2. The fourth-order valence-corrected chi connectivity index (χ4v) is 4.62. The van der Waals surface area contributed by atoms with Crippen molar-refractivity contribution in [2.45, 2.75) is 18.6 Å². The van der Waals surface area contributed by atoms with Crippen LogP contribution in [0.15, 0.2) is 59.2 Å². The number of amides is 2. The summed E-state index contributed by atoms with van der Waals surface area (Å²) in [5.74, 6) is -0.469. The number of hydrogen-bond acceptors (Lipinski definition) is 3. The number of alkyl halides is 3. The molecule has 5 nitrogen and oxygen atoms in total. The molecule has 0 spiro atoms. The Bertz CT molecular complexity index is 1170. The molecule has 2 aromatic carbocycles. The Morgan fingerprint density at radius 1 is 1.06 bits per heavy atom. The summed E-state index contributed by atoms with van der Waals surface area (Å²) < 4.78 is 45.5. The van der Waals surface area contributed by atoms with E-state index in [0.717, 1.165) is 12.5 Å². The van der Waals surface area contributed by atoms with Gasteiger partial charge in [0, 0.05) is 18.5 Å². The third kappa shape index (κ3) is 3.45. The van der Waals surface area contributed by atoms with Crippen LogP contribution in [0, 0.1) is 11.8 Å². The Labute approximate surface area is 175 Å². The van der Waals surface area contributed by atoms with Gasteiger partial charge in [-0.1, -0.05) is 18.2 Å². The molecule has 2 aliphatic rings. The number of nitrogens with one attached hydrogen (secondary N) is 1. The largest absolute Gasteiger partial charge is 0.464 e. The van der Waals surface area contributed by atoms with Gasteiger partial charge >= 0.3 is 6.18 Å². The molecular formula is C23H19F3N2O3. The molecule has 0 bridgehead atoms. The van der Waals surface area contributed by atoms with Crippen LogP contribution in [-0.4, -0.2) is 35.8 Å². The van der Waals surface area contributed by atoms with Crippen LogP contribution in [0.3, 0.4) is 0 Å². The molecule has 8 heteroatoms. The topological polar surface area (TPSA) is 62.6 Å². The first kappa shape index (κ1) is 19.7. The van der Waals surface area contributed by atoms with Crippen molar-refractivity contribution in [2.75, 3.05) is 13.1 Å². The number of likely N-dealkylation sites (tertiary alicyclic amines) is 1. The lowest BCUT2D eigenvalue weighted by Gasteiger charge is -2.29. The number of furan rings is 1. The molecule has 2 fully saturated rings. The predicted molar refractivity (Wildman–Crippen MR) is 106 cm³/mol. The molecule has 3 atom stereocenters. The zero-order chi connectivity index (χ0) is 21.8. The number of halogens is 3. The molecular weight excluding hydrogens is 409 g/mol. The highest BCUT2D eigenvalue weighted by molar-refractivity contribution is 6.06. The van der Waals surface area contributed by atoms with Gasteiger partial charge in [0.1, 0.15) is 5.58 Å². The summed E-state index contributed by atoms with van der Waals surface area (Å²) >= 11 is 0. The highest BCUT2D eigenvalue weighted by atomic mass is 19.4. The lowest BCUT2D eigenvalue weighted by Crippen LogP contribution is -2.46. The first-order chi connectivity index (χ1) is 14.8. The molecule has 1 aliphatic carbocycles. The molecule has 1 saturated heterocycles. The minimum atomic E-state index is -4.61. The second kappa shape index (κ2) is 7.14. The van der Waals surface area contributed by atoms with Crippen LogP contribution < -0.4 is 5.32 Å². The summed E-state index contributed by atoms with van der Waals surface area (Å²) in [5.41, 5.74) is -0.237. The lowest BCUT2D eigenvalue weighted by atomic mass is 10.0. The molecule has 1 N–H and O–H groups in total. The van der Waals surface area contributed by atoms with E-state index in [0.29, 0.717) is 23.1 Å². The van der Waals surface area contributed by atoms with E-state index < -0.39 is 17.6 Å². The van der Waals surface area contributed by atoms with E-state index in [1.165, 1.54) is 29.4 Å². The zero-order valence-corrected chi connectivity index (χ0v) is 16.4. The number of carbonyl (C=O) groups is 2. The van der Waals surface area contributed by atoms with Gasteiger partial charge in [0.2, 0.25) is 0 Å². The van der Waals surface area contributed by atoms with Crippen molar-refractivity contribution in [3.63, 3.8) is 0 Å². The van der Waals surface area contributed by atoms with Crippen LogP contribution in [-0.2, 0) is 6.18 Å². The van der Waals surface area contributed by atoms with Gasteiger partial charge < -0.3 is 14.6 Å². The minimum absolute atomic E-state index is 0.189. The second-order valence-electron chi connectivity index (χ2n) is 8.08. The molecule has 0 unspecified atom stereocenters. The molecule has 0 radical (unpaired) electrons. The van der Waals surface area contributed by atoms with Gasteiger partial charge in [0.25, 0.3) is 11.8 Å². The summed E-state index contributed by atoms with van der Waals surface area (Å²) in [6.07, 6.45) is -2.18. The lowest BCUT2D eigenvalue weighted by molar-refractivity contribution is -0.138. The number of fused-ring (bicyclic) bond motifs is 2. The van der Waals surface area contributed by atoms with Crippen LogP contribution in [0.5, 0.6) is 0 Å². The highest BCUT2D eigenvalue weighted by Crippen LogP contribution is 2.50. The van der Waals surface area contributed by atoms with Gasteiger partial charge in [-0.15, -0.1) is 0 Å². The quantitative estimate of drug-likeness (QED) is 0.673. The number of hydrogen-bond donors (Lipinski definition) is 1. The Morgan fingerprint density at radius 3 is 2.65 bits per heavy atom. The summed E-state index contributed by atoms with van der Waals surface area (Å²) in [6, 6.07) is 11.4. The van der Waals surface area contributed by atoms with Crippen LogP contribution >= 0.6 is 0 Å². The molecule has 5 rings (SSSR count). The van der Waals surface area contributed by atoms with Crippen molar-refractivity contribution in [3.8, 4) is 0 Å². The second-order valence-corrected chi connectivity index (χ2v) is 8.08. The fraction of sp³-hybridized carbons (Fsp3) is 0.304. The van der Waals surface area contributed by atoms with Crippen molar-refractivity contribution in [1.82, 2.24) is 10.2 Å². The van der Waals surface area contributed by atoms with Crippen LogP contribution in [0.1, 0.15) is 32.7 Å². The number of nitrogens with zero attached hydrogens (tertiary/aromatic N) is 1. The molecule has 31 heavy (non-hydrogen) atoms. The van der Waals surface area contributed by atoms with Crippen molar-refractivity contribution in [2.24, 2.45) is 11.8 Å². The first-order valence-corrected chi connectivity index (χ1v) is 10.1. The Balaban J connectivity index is 1.35.